The summed E-state index contributed by atoms with van der Waals surface area (Å²) in [6.07, 6.45) is 6.19. The zero-order valence-corrected chi connectivity index (χ0v) is 17.6. The second-order valence-corrected chi connectivity index (χ2v) is 10.5. The molecule has 1 N–H and O–H groups in total. The van der Waals surface area contributed by atoms with Gasteiger partial charge >= 0.3 is 5.97 Å². The number of carbonyl (C=O) groups is 3. The van der Waals surface area contributed by atoms with Crippen LogP contribution < -0.4 is 0 Å². The van der Waals surface area contributed by atoms with Gasteiger partial charge in [0, 0.05) is 24.7 Å². The number of Topliss-reactive ketones (excluding diaryl/α,β-unsaturated/α-hetero) is 2. The van der Waals surface area contributed by atoms with Gasteiger partial charge in [-0.05, 0) is 75.0 Å². The van der Waals surface area contributed by atoms with E-state index in [0.717, 1.165) is 38.5 Å². The molecule has 4 aliphatic carbocycles. The molecule has 0 spiro atoms. The number of ether oxygens (including phenoxy) is 1. The van der Waals surface area contributed by atoms with Crippen LogP contribution in [0.4, 0.5) is 0 Å². The molecule has 0 heterocycles. The molecule has 156 valence electrons. The van der Waals surface area contributed by atoms with Gasteiger partial charge in [0.2, 0.25) is 0 Å². The third kappa shape index (κ3) is 2.57. The van der Waals surface area contributed by atoms with Crippen LogP contribution in [-0.2, 0) is 19.1 Å². The molecular weight excluding hydrogens is 356 g/mol. The molecule has 0 aliphatic heterocycles. The van der Waals surface area contributed by atoms with Crippen molar-refractivity contribution < 1.29 is 24.2 Å². The maximum Gasteiger partial charge on any atom is 0.302 e. The molecule has 4 saturated carbocycles. The SMILES string of the molecule is CC(=O)O[C@@H]1CC[C@@]2(C)[C@@H](CC[C@@H]3[C@H]2C(=O)C[C@]2(C)[C@H]3CC[C@]2(O)C(C)=O)C1. The van der Waals surface area contributed by atoms with E-state index in [-0.39, 0.29) is 46.8 Å². The van der Waals surface area contributed by atoms with Crippen LogP contribution in [0.3, 0.4) is 0 Å². The van der Waals surface area contributed by atoms with Gasteiger partial charge in [-0.3, -0.25) is 14.4 Å². The third-order valence-electron chi connectivity index (χ3n) is 9.37. The van der Waals surface area contributed by atoms with Crippen LogP contribution >= 0.6 is 0 Å². The minimum atomic E-state index is -1.36. The number of carbonyl (C=O) groups excluding carboxylic acids is 3. The molecule has 28 heavy (non-hydrogen) atoms. The highest BCUT2D eigenvalue weighted by molar-refractivity contribution is 5.90. The zero-order valence-electron chi connectivity index (χ0n) is 17.6. The number of aliphatic hydroxyl groups is 1. The Morgan fingerprint density at radius 3 is 2.43 bits per heavy atom. The molecule has 0 aromatic heterocycles. The van der Waals surface area contributed by atoms with Crippen molar-refractivity contribution in [2.75, 3.05) is 0 Å². The third-order valence-corrected chi connectivity index (χ3v) is 9.37. The molecule has 0 radical (unpaired) electrons. The van der Waals surface area contributed by atoms with Crippen LogP contribution in [0.25, 0.3) is 0 Å². The van der Waals surface area contributed by atoms with Gasteiger partial charge in [0.25, 0.3) is 0 Å². The first kappa shape index (κ1) is 20.1. The van der Waals surface area contributed by atoms with Gasteiger partial charge in [0.05, 0.1) is 0 Å². The number of esters is 1. The molecule has 4 rings (SSSR count). The first-order valence-corrected chi connectivity index (χ1v) is 11.0. The summed E-state index contributed by atoms with van der Waals surface area (Å²) in [5, 5.41) is 11.2. The van der Waals surface area contributed by atoms with Crippen molar-refractivity contribution in [2.24, 2.45) is 34.5 Å². The molecule has 0 unspecified atom stereocenters. The fourth-order valence-corrected chi connectivity index (χ4v) is 7.96. The first-order chi connectivity index (χ1) is 13.0. The highest BCUT2D eigenvalue weighted by atomic mass is 16.5. The Kier molecular flexibility index (Phi) is 4.57. The standard InChI is InChI=1S/C23H34O5/c1-13(24)23(27)10-8-18-17-6-5-15-11-16(28-14(2)25)7-9-21(15,3)20(17)19(26)12-22(18,23)4/h15-18,20,27H,5-12H2,1-4H3/t15-,16+,17-,18-,20-,21-,22+,23-/m0/s1. The smallest absolute Gasteiger partial charge is 0.302 e. The molecule has 5 heteroatoms. The Morgan fingerprint density at radius 1 is 1.07 bits per heavy atom. The summed E-state index contributed by atoms with van der Waals surface area (Å²) in [6.45, 7) is 7.18. The van der Waals surface area contributed by atoms with E-state index in [1.165, 1.54) is 13.8 Å². The molecule has 4 aliphatic rings. The van der Waals surface area contributed by atoms with Crippen molar-refractivity contribution in [3.8, 4) is 0 Å². The predicted molar refractivity (Wildman–Crippen MR) is 103 cm³/mol. The van der Waals surface area contributed by atoms with E-state index in [1.807, 2.05) is 6.92 Å². The Morgan fingerprint density at radius 2 is 1.79 bits per heavy atom. The Bertz CT molecular complexity index is 716. The summed E-state index contributed by atoms with van der Waals surface area (Å²) < 4.78 is 5.49. The number of rotatable bonds is 2. The average Bonchev–Trinajstić information content (AvgIpc) is 2.86. The lowest BCUT2D eigenvalue weighted by Crippen LogP contribution is -2.61. The monoisotopic (exact) mass is 390 g/mol. The van der Waals surface area contributed by atoms with Gasteiger partial charge in [0.1, 0.15) is 17.5 Å². The van der Waals surface area contributed by atoms with Gasteiger partial charge in [-0.15, -0.1) is 0 Å². The second-order valence-electron chi connectivity index (χ2n) is 10.5. The van der Waals surface area contributed by atoms with Crippen molar-refractivity contribution >= 4 is 17.5 Å². The number of hydrogen-bond donors (Lipinski definition) is 1. The van der Waals surface area contributed by atoms with Gasteiger partial charge in [-0.25, -0.2) is 0 Å². The number of fused-ring (bicyclic) bond motifs is 5. The molecule has 0 aromatic rings. The molecule has 0 bridgehead atoms. The summed E-state index contributed by atoms with van der Waals surface area (Å²) in [6, 6.07) is 0. The lowest BCUT2D eigenvalue weighted by atomic mass is 9.44. The van der Waals surface area contributed by atoms with E-state index < -0.39 is 11.0 Å². The molecule has 8 atom stereocenters. The molecule has 0 aromatic carbocycles. The van der Waals surface area contributed by atoms with Crippen molar-refractivity contribution in [3.05, 3.63) is 0 Å². The molecular formula is C23H34O5. The minimum Gasteiger partial charge on any atom is -0.463 e. The van der Waals surface area contributed by atoms with Crippen molar-refractivity contribution in [1.82, 2.24) is 0 Å². The zero-order chi connectivity index (χ0) is 20.5. The molecule has 0 saturated heterocycles. The van der Waals surface area contributed by atoms with Crippen molar-refractivity contribution in [3.63, 3.8) is 0 Å². The first-order valence-electron chi connectivity index (χ1n) is 11.0. The van der Waals surface area contributed by atoms with Crippen molar-refractivity contribution in [2.45, 2.75) is 90.8 Å². The maximum atomic E-state index is 13.5. The van der Waals surface area contributed by atoms with E-state index >= 15 is 0 Å². The van der Waals surface area contributed by atoms with E-state index in [2.05, 4.69) is 6.92 Å². The van der Waals surface area contributed by atoms with Crippen LogP contribution in [0.15, 0.2) is 0 Å². The maximum absolute atomic E-state index is 13.5. The van der Waals surface area contributed by atoms with Crippen LogP contribution in [0, 0.1) is 34.5 Å². The lowest BCUT2D eigenvalue weighted by molar-refractivity contribution is -0.181. The normalized spacial score (nSPS) is 50.3. The second kappa shape index (κ2) is 6.38. The molecule has 4 fully saturated rings. The van der Waals surface area contributed by atoms with E-state index in [1.54, 1.807) is 0 Å². The highest BCUT2D eigenvalue weighted by Crippen LogP contribution is 2.67. The summed E-state index contributed by atoms with van der Waals surface area (Å²) in [5.74, 6) is 0.722. The number of ketones is 2. The Labute approximate surface area is 167 Å². The van der Waals surface area contributed by atoms with Gasteiger partial charge in [0.15, 0.2) is 5.78 Å². The van der Waals surface area contributed by atoms with Crippen LogP contribution in [0.5, 0.6) is 0 Å². The minimum absolute atomic E-state index is 0.0110. The average molecular weight is 391 g/mol. The Hall–Kier alpha value is -1.23. The molecule has 0 amide bonds. The fraction of sp³-hybridized carbons (Fsp3) is 0.870. The summed E-state index contributed by atoms with van der Waals surface area (Å²) in [7, 11) is 0. The van der Waals surface area contributed by atoms with Gasteiger partial charge in [-0.1, -0.05) is 13.8 Å². The van der Waals surface area contributed by atoms with E-state index in [9.17, 15) is 19.5 Å². The topological polar surface area (TPSA) is 80.7 Å². The van der Waals surface area contributed by atoms with Crippen LogP contribution in [0.1, 0.15) is 79.1 Å². The summed E-state index contributed by atoms with van der Waals surface area (Å²) in [4.78, 5) is 37.2. The summed E-state index contributed by atoms with van der Waals surface area (Å²) in [5.41, 5.74) is -2.05. The van der Waals surface area contributed by atoms with Gasteiger partial charge in [-0.2, -0.15) is 0 Å². The fourth-order valence-electron chi connectivity index (χ4n) is 7.96. The van der Waals surface area contributed by atoms with Crippen molar-refractivity contribution in [1.29, 1.82) is 0 Å². The lowest BCUT2D eigenvalue weighted by Gasteiger charge is -2.60. The Balaban J connectivity index is 1.63. The quantitative estimate of drug-likeness (QED) is 0.730. The highest BCUT2D eigenvalue weighted by Gasteiger charge is 2.68. The van der Waals surface area contributed by atoms with E-state index in [4.69, 9.17) is 4.74 Å². The summed E-state index contributed by atoms with van der Waals surface area (Å²) >= 11 is 0. The van der Waals surface area contributed by atoms with Crippen LogP contribution in [0.2, 0.25) is 0 Å². The van der Waals surface area contributed by atoms with Crippen LogP contribution in [-0.4, -0.2) is 34.3 Å². The van der Waals surface area contributed by atoms with E-state index in [0.29, 0.717) is 18.8 Å². The number of hydrogen-bond acceptors (Lipinski definition) is 5. The van der Waals surface area contributed by atoms with Gasteiger partial charge < -0.3 is 9.84 Å². The molecule has 5 nitrogen and oxygen atoms in total. The predicted octanol–water partition coefficient (Wildman–Crippen LogP) is 3.46. The largest absolute Gasteiger partial charge is 0.463 e.